The second-order valence-electron chi connectivity index (χ2n) is 6.42. The molecule has 1 aliphatic rings. The monoisotopic (exact) mass is 393 g/mol. The van der Waals surface area contributed by atoms with E-state index in [2.05, 4.69) is 15.6 Å². The zero-order valence-corrected chi connectivity index (χ0v) is 16.8. The zero-order valence-electron chi connectivity index (χ0n) is 14.3. The average Bonchev–Trinajstić information content (AvgIpc) is 2.91. The highest BCUT2D eigenvalue weighted by Crippen LogP contribution is 2.32. The van der Waals surface area contributed by atoms with Crippen LogP contribution in [0.5, 0.6) is 0 Å². The third-order valence-electron chi connectivity index (χ3n) is 3.38. The van der Waals surface area contributed by atoms with E-state index in [1.54, 1.807) is 0 Å². The summed E-state index contributed by atoms with van der Waals surface area (Å²) in [6.07, 6.45) is 0.408. The quantitative estimate of drug-likeness (QED) is 0.765. The maximum absolute atomic E-state index is 12.2. The number of aromatic nitrogens is 1. The Kier molecular flexibility index (Phi) is 7.98. The molecule has 136 valence electrons. The van der Waals surface area contributed by atoms with Gasteiger partial charge in [0, 0.05) is 35.9 Å². The molecule has 1 aromatic rings. The summed E-state index contributed by atoms with van der Waals surface area (Å²) in [7, 11) is 1.35. The van der Waals surface area contributed by atoms with Crippen molar-refractivity contribution in [3.8, 4) is 0 Å². The number of carbonyl (C=O) groups is 2. The molecule has 0 spiro atoms. The molecule has 1 atom stereocenters. The molecule has 1 amide bonds. The van der Waals surface area contributed by atoms with E-state index in [1.807, 2.05) is 32.5 Å². The van der Waals surface area contributed by atoms with Gasteiger partial charge in [-0.1, -0.05) is 32.1 Å². The van der Waals surface area contributed by atoms with Crippen molar-refractivity contribution >= 4 is 52.5 Å². The van der Waals surface area contributed by atoms with Gasteiger partial charge in [-0.3, -0.25) is 4.79 Å². The number of ether oxygens (including phenoxy) is 1. The van der Waals surface area contributed by atoms with Gasteiger partial charge in [-0.2, -0.15) is 11.8 Å². The second kappa shape index (κ2) is 9.03. The minimum absolute atomic E-state index is 0. The summed E-state index contributed by atoms with van der Waals surface area (Å²) in [4.78, 5) is 29.0. The van der Waals surface area contributed by atoms with Gasteiger partial charge in [-0.15, -0.1) is 12.4 Å². The lowest BCUT2D eigenvalue weighted by molar-refractivity contribution is -0.116. The Balaban J connectivity index is 0.00000288. The highest BCUT2D eigenvalue weighted by Gasteiger charge is 2.28. The summed E-state index contributed by atoms with van der Waals surface area (Å²) < 4.78 is 4.82. The van der Waals surface area contributed by atoms with Crippen LogP contribution in [0.4, 0.5) is 5.13 Å². The smallest absolute Gasteiger partial charge is 0.350 e. The topological polar surface area (TPSA) is 80.3 Å². The highest BCUT2D eigenvalue weighted by molar-refractivity contribution is 7.99. The van der Waals surface area contributed by atoms with Crippen LogP contribution < -0.4 is 10.6 Å². The number of carbonyl (C=O) groups excluding carboxylic acids is 2. The molecule has 0 bridgehead atoms. The molecule has 2 N–H and O–H groups in total. The van der Waals surface area contributed by atoms with Crippen molar-refractivity contribution in [3.05, 3.63) is 10.6 Å². The fourth-order valence-corrected chi connectivity index (χ4v) is 4.32. The normalized spacial score (nSPS) is 17.8. The van der Waals surface area contributed by atoms with Crippen molar-refractivity contribution < 1.29 is 14.3 Å². The van der Waals surface area contributed by atoms with Gasteiger partial charge in [-0.05, 0) is 0 Å². The van der Waals surface area contributed by atoms with E-state index in [0.29, 0.717) is 22.1 Å². The number of nitrogens with one attached hydrogen (secondary N) is 2. The van der Waals surface area contributed by atoms with Gasteiger partial charge in [0.2, 0.25) is 5.91 Å². The fourth-order valence-electron chi connectivity index (χ4n) is 2.26. The van der Waals surface area contributed by atoms with Crippen molar-refractivity contribution in [1.82, 2.24) is 10.3 Å². The second-order valence-corrected chi connectivity index (χ2v) is 8.57. The van der Waals surface area contributed by atoms with Gasteiger partial charge in [0.05, 0.1) is 12.8 Å². The molecule has 6 nitrogen and oxygen atoms in total. The van der Waals surface area contributed by atoms with Crippen LogP contribution in [0.25, 0.3) is 0 Å². The van der Waals surface area contributed by atoms with Crippen LogP contribution >= 0.6 is 35.5 Å². The first-order valence-electron chi connectivity index (χ1n) is 7.52. The fraction of sp³-hybridized carbons (Fsp3) is 0.667. The Bertz CT molecular complexity index is 581. The number of thiazole rings is 1. The lowest BCUT2D eigenvalue weighted by atomic mass is 9.91. The molecule has 1 unspecified atom stereocenters. The summed E-state index contributed by atoms with van der Waals surface area (Å²) in [5.74, 6) is 1.52. The summed E-state index contributed by atoms with van der Waals surface area (Å²) in [6.45, 7) is 6.86. The van der Waals surface area contributed by atoms with Crippen LogP contribution in [-0.2, 0) is 14.9 Å². The number of anilines is 1. The first-order chi connectivity index (χ1) is 10.8. The van der Waals surface area contributed by atoms with Crippen molar-refractivity contribution in [2.75, 3.05) is 30.5 Å². The van der Waals surface area contributed by atoms with E-state index < -0.39 is 5.97 Å². The summed E-state index contributed by atoms with van der Waals surface area (Å²) in [6, 6.07) is 0.191. The van der Waals surface area contributed by atoms with Gasteiger partial charge in [0.1, 0.15) is 4.88 Å². The van der Waals surface area contributed by atoms with E-state index in [1.165, 1.54) is 18.4 Å². The number of rotatable bonds is 4. The first-order valence-corrected chi connectivity index (χ1v) is 9.49. The molecule has 1 aliphatic heterocycles. The van der Waals surface area contributed by atoms with Crippen molar-refractivity contribution in [1.29, 1.82) is 0 Å². The third kappa shape index (κ3) is 5.61. The molecule has 0 saturated carbocycles. The molecule has 2 heterocycles. The minimum Gasteiger partial charge on any atom is -0.465 e. The van der Waals surface area contributed by atoms with Crippen LogP contribution in [0.3, 0.4) is 0 Å². The SMILES string of the molecule is COC(=O)c1sc(NC(=O)CC2CSCCN2)nc1C(C)(C)C.Cl. The highest BCUT2D eigenvalue weighted by atomic mass is 35.5. The van der Waals surface area contributed by atoms with Gasteiger partial charge in [-0.25, -0.2) is 9.78 Å². The molecule has 1 saturated heterocycles. The van der Waals surface area contributed by atoms with Crippen LogP contribution in [0.2, 0.25) is 0 Å². The Morgan fingerprint density at radius 1 is 1.42 bits per heavy atom. The van der Waals surface area contributed by atoms with E-state index in [9.17, 15) is 9.59 Å². The first kappa shape index (κ1) is 21.2. The molecule has 0 aliphatic carbocycles. The van der Waals surface area contributed by atoms with Crippen LogP contribution in [0, 0.1) is 0 Å². The zero-order chi connectivity index (χ0) is 17.0. The third-order valence-corrected chi connectivity index (χ3v) is 5.47. The molecule has 1 fully saturated rings. The van der Waals surface area contributed by atoms with E-state index in [4.69, 9.17) is 4.74 Å². The van der Waals surface area contributed by atoms with Gasteiger partial charge >= 0.3 is 5.97 Å². The van der Waals surface area contributed by atoms with Crippen LogP contribution in [-0.4, -0.2) is 48.1 Å². The van der Waals surface area contributed by atoms with E-state index in [0.717, 1.165) is 18.1 Å². The summed E-state index contributed by atoms with van der Waals surface area (Å²) in [5.41, 5.74) is 0.348. The van der Waals surface area contributed by atoms with Crippen LogP contribution in [0.15, 0.2) is 0 Å². The number of methoxy groups -OCH3 is 1. The lowest BCUT2D eigenvalue weighted by Crippen LogP contribution is -2.39. The summed E-state index contributed by atoms with van der Waals surface area (Å²) in [5, 5.41) is 6.59. The Morgan fingerprint density at radius 3 is 2.67 bits per heavy atom. The van der Waals surface area contributed by atoms with Crippen molar-refractivity contribution in [2.24, 2.45) is 0 Å². The molecule has 9 heteroatoms. The Morgan fingerprint density at radius 2 is 2.12 bits per heavy atom. The lowest BCUT2D eigenvalue weighted by Gasteiger charge is -2.22. The molecule has 2 rings (SSSR count). The number of nitrogens with zero attached hydrogens (tertiary/aromatic N) is 1. The number of hydrogen-bond acceptors (Lipinski definition) is 7. The van der Waals surface area contributed by atoms with Crippen molar-refractivity contribution in [2.45, 2.75) is 38.6 Å². The number of esters is 1. The average molecular weight is 394 g/mol. The molecule has 24 heavy (non-hydrogen) atoms. The molecular formula is C15H24ClN3O3S2. The molecule has 0 radical (unpaired) electrons. The maximum atomic E-state index is 12.2. The van der Waals surface area contributed by atoms with Gasteiger partial charge < -0.3 is 15.4 Å². The standard InChI is InChI=1S/C15H23N3O3S2.ClH/c1-15(2,3)12-11(13(20)21-4)23-14(18-12)17-10(19)7-9-8-22-6-5-16-9;/h9,16H,5-8H2,1-4H3,(H,17,18,19);1H. The van der Waals surface area contributed by atoms with Crippen LogP contribution in [0.1, 0.15) is 42.6 Å². The molecular weight excluding hydrogens is 370 g/mol. The van der Waals surface area contributed by atoms with E-state index in [-0.39, 0.29) is 29.8 Å². The Hall–Kier alpha value is -0.830. The van der Waals surface area contributed by atoms with E-state index >= 15 is 0 Å². The maximum Gasteiger partial charge on any atom is 0.350 e. The summed E-state index contributed by atoms with van der Waals surface area (Å²) >= 11 is 3.02. The molecule has 1 aromatic heterocycles. The minimum atomic E-state index is -0.418. The number of thioether (sulfide) groups is 1. The number of amides is 1. The number of hydrogen-bond donors (Lipinski definition) is 2. The largest absolute Gasteiger partial charge is 0.465 e. The predicted octanol–water partition coefficient (Wildman–Crippen LogP) is 2.68. The Labute approximate surface area is 156 Å². The predicted molar refractivity (Wildman–Crippen MR) is 102 cm³/mol. The van der Waals surface area contributed by atoms with Crippen molar-refractivity contribution in [3.63, 3.8) is 0 Å². The van der Waals surface area contributed by atoms with Gasteiger partial charge in [0.15, 0.2) is 5.13 Å². The number of halogens is 1. The molecule has 0 aromatic carbocycles. The van der Waals surface area contributed by atoms with Gasteiger partial charge in [0.25, 0.3) is 0 Å².